The molecule has 0 unspecified atom stereocenters. The first-order valence-electron chi connectivity index (χ1n) is 6.72. The minimum Gasteiger partial charge on any atom is -0.398 e. The van der Waals surface area contributed by atoms with E-state index >= 15 is 0 Å². The van der Waals surface area contributed by atoms with Gasteiger partial charge in [-0.05, 0) is 55.3 Å². The molecule has 3 nitrogen and oxygen atoms in total. The van der Waals surface area contributed by atoms with Crippen molar-refractivity contribution < 1.29 is 0 Å². The van der Waals surface area contributed by atoms with Gasteiger partial charge in [0.1, 0.15) is 0 Å². The molecule has 0 aliphatic carbocycles. The molecule has 0 radical (unpaired) electrons. The van der Waals surface area contributed by atoms with Gasteiger partial charge in [-0.2, -0.15) is 0 Å². The molecule has 4 heteroatoms. The lowest BCUT2D eigenvalue weighted by atomic mass is 10.1. The van der Waals surface area contributed by atoms with Crippen LogP contribution >= 0.6 is 11.8 Å². The van der Waals surface area contributed by atoms with Crippen LogP contribution in [0, 0.1) is 13.8 Å². The van der Waals surface area contributed by atoms with Crippen LogP contribution in [0.4, 0.5) is 5.69 Å². The van der Waals surface area contributed by atoms with E-state index in [-0.39, 0.29) is 5.56 Å². The van der Waals surface area contributed by atoms with Crippen LogP contribution in [0.1, 0.15) is 17.5 Å². The van der Waals surface area contributed by atoms with E-state index in [9.17, 15) is 4.79 Å². The van der Waals surface area contributed by atoms with E-state index in [2.05, 4.69) is 32.0 Å². The third-order valence-corrected chi connectivity index (χ3v) is 4.38. The summed E-state index contributed by atoms with van der Waals surface area (Å²) in [7, 11) is 0. The summed E-state index contributed by atoms with van der Waals surface area (Å²) in [6.07, 6.45) is 2.66. The largest absolute Gasteiger partial charge is 0.398 e. The van der Waals surface area contributed by atoms with Crippen molar-refractivity contribution in [1.82, 2.24) is 4.57 Å². The molecule has 106 valence electrons. The Hall–Kier alpha value is -1.68. The molecule has 0 saturated carbocycles. The Morgan fingerprint density at radius 2 is 1.95 bits per heavy atom. The van der Waals surface area contributed by atoms with E-state index in [1.165, 1.54) is 22.1 Å². The molecule has 2 aromatic rings. The smallest absolute Gasteiger partial charge is 0.250 e. The van der Waals surface area contributed by atoms with Crippen molar-refractivity contribution >= 4 is 17.4 Å². The third kappa shape index (κ3) is 3.90. The molecular formula is C16H20N2OS. The number of aromatic nitrogens is 1. The number of hydrogen-bond acceptors (Lipinski definition) is 3. The number of nitrogens with two attached hydrogens (primary N) is 1. The van der Waals surface area contributed by atoms with E-state index in [0.29, 0.717) is 12.2 Å². The highest BCUT2D eigenvalue weighted by Gasteiger charge is 1.99. The standard InChI is InChI=1S/C16H20N2OS/c1-12-4-6-15(10-13(12)2)20-9-3-8-18-11-14(17)5-7-16(18)19/h4-7,10-11H,3,8-9,17H2,1-2H3. The summed E-state index contributed by atoms with van der Waals surface area (Å²) >= 11 is 1.83. The normalized spacial score (nSPS) is 10.7. The lowest BCUT2D eigenvalue weighted by Gasteiger charge is -2.07. The number of hydrogen-bond donors (Lipinski definition) is 1. The summed E-state index contributed by atoms with van der Waals surface area (Å²) in [6.45, 7) is 4.96. The second-order valence-corrected chi connectivity index (χ2v) is 6.11. The van der Waals surface area contributed by atoms with Crippen molar-refractivity contribution in [3.8, 4) is 0 Å². The Morgan fingerprint density at radius 3 is 2.70 bits per heavy atom. The van der Waals surface area contributed by atoms with Gasteiger partial charge in [0.2, 0.25) is 0 Å². The van der Waals surface area contributed by atoms with Crippen molar-refractivity contribution in [2.75, 3.05) is 11.5 Å². The summed E-state index contributed by atoms with van der Waals surface area (Å²) in [4.78, 5) is 12.9. The molecule has 0 spiro atoms. The molecule has 0 fully saturated rings. The fourth-order valence-electron chi connectivity index (χ4n) is 1.95. The first kappa shape index (κ1) is 14.7. The van der Waals surface area contributed by atoms with E-state index in [1.54, 1.807) is 16.8 Å². The van der Waals surface area contributed by atoms with Crippen LogP contribution in [-0.4, -0.2) is 10.3 Å². The van der Waals surface area contributed by atoms with Gasteiger partial charge in [0.05, 0.1) is 0 Å². The Morgan fingerprint density at radius 1 is 1.15 bits per heavy atom. The van der Waals surface area contributed by atoms with Crippen LogP contribution < -0.4 is 11.3 Å². The molecule has 0 bridgehead atoms. The van der Waals surface area contributed by atoms with Gasteiger partial charge in [-0.15, -0.1) is 11.8 Å². The predicted octanol–water partition coefficient (Wildman–Crippen LogP) is 3.23. The Labute approximate surface area is 123 Å². The van der Waals surface area contributed by atoms with Gasteiger partial charge < -0.3 is 10.3 Å². The highest BCUT2D eigenvalue weighted by atomic mass is 32.2. The molecule has 2 rings (SSSR count). The lowest BCUT2D eigenvalue weighted by molar-refractivity contribution is 0.660. The van der Waals surface area contributed by atoms with Crippen LogP contribution in [0.25, 0.3) is 0 Å². The third-order valence-electron chi connectivity index (χ3n) is 3.30. The average molecular weight is 288 g/mol. The SMILES string of the molecule is Cc1ccc(SCCCn2cc(N)ccc2=O)cc1C. The van der Waals surface area contributed by atoms with Gasteiger partial charge >= 0.3 is 0 Å². The molecular weight excluding hydrogens is 268 g/mol. The van der Waals surface area contributed by atoms with Crippen LogP contribution in [-0.2, 0) is 6.54 Å². The van der Waals surface area contributed by atoms with Crippen molar-refractivity contribution in [2.45, 2.75) is 31.7 Å². The summed E-state index contributed by atoms with van der Waals surface area (Å²) < 4.78 is 1.68. The first-order valence-corrected chi connectivity index (χ1v) is 7.71. The van der Waals surface area contributed by atoms with Crippen LogP contribution in [0.3, 0.4) is 0 Å². The van der Waals surface area contributed by atoms with Crippen LogP contribution in [0.5, 0.6) is 0 Å². The zero-order valence-electron chi connectivity index (χ0n) is 11.9. The maximum absolute atomic E-state index is 11.6. The molecule has 0 saturated heterocycles. The lowest BCUT2D eigenvalue weighted by Crippen LogP contribution is -2.19. The second-order valence-electron chi connectivity index (χ2n) is 4.94. The monoisotopic (exact) mass is 288 g/mol. The topological polar surface area (TPSA) is 48.0 Å². The molecule has 0 amide bonds. The fraction of sp³-hybridized carbons (Fsp3) is 0.312. The minimum absolute atomic E-state index is 0.00961. The van der Waals surface area contributed by atoms with Gasteiger partial charge in [-0.3, -0.25) is 4.79 Å². The number of rotatable bonds is 5. The molecule has 0 atom stereocenters. The van der Waals surface area contributed by atoms with Crippen molar-refractivity contribution in [3.63, 3.8) is 0 Å². The molecule has 1 aromatic carbocycles. The van der Waals surface area contributed by atoms with Crippen molar-refractivity contribution in [3.05, 3.63) is 58.0 Å². The van der Waals surface area contributed by atoms with E-state index in [4.69, 9.17) is 5.73 Å². The number of nitrogen functional groups attached to an aromatic ring is 1. The molecule has 1 heterocycles. The highest BCUT2D eigenvalue weighted by molar-refractivity contribution is 7.99. The average Bonchev–Trinajstić information content (AvgIpc) is 2.42. The van der Waals surface area contributed by atoms with E-state index in [1.807, 2.05) is 11.8 Å². The summed E-state index contributed by atoms with van der Waals surface area (Å²) in [5.74, 6) is 0.990. The first-order chi connectivity index (χ1) is 9.56. The number of benzene rings is 1. The molecule has 0 aliphatic rings. The number of pyridine rings is 1. The van der Waals surface area contributed by atoms with Crippen molar-refractivity contribution in [2.24, 2.45) is 0 Å². The van der Waals surface area contributed by atoms with Crippen molar-refractivity contribution in [1.29, 1.82) is 0 Å². The van der Waals surface area contributed by atoms with Crippen LogP contribution in [0.2, 0.25) is 0 Å². The van der Waals surface area contributed by atoms with E-state index in [0.717, 1.165) is 12.2 Å². The minimum atomic E-state index is 0.00961. The van der Waals surface area contributed by atoms with Gasteiger partial charge in [-0.1, -0.05) is 6.07 Å². The van der Waals surface area contributed by atoms with Gasteiger partial charge in [0, 0.05) is 29.4 Å². The molecule has 1 aromatic heterocycles. The van der Waals surface area contributed by atoms with Gasteiger partial charge in [-0.25, -0.2) is 0 Å². The zero-order valence-corrected chi connectivity index (χ0v) is 12.7. The number of anilines is 1. The number of thioether (sulfide) groups is 1. The number of aryl methyl sites for hydroxylation is 3. The van der Waals surface area contributed by atoms with Crippen LogP contribution in [0.15, 0.2) is 46.2 Å². The fourth-order valence-corrected chi connectivity index (χ4v) is 2.89. The summed E-state index contributed by atoms with van der Waals surface area (Å²) in [5, 5.41) is 0. The predicted molar refractivity (Wildman–Crippen MR) is 86.4 cm³/mol. The Kier molecular flexibility index (Phi) is 4.90. The quantitative estimate of drug-likeness (QED) is 0.679. The highest BCUT2D eigenvalue weighted by Crippen LogP contribution is 2.21. The maximum atomic E-state index is 11.6. The molecule has 20 heavy (non-hydrogen) atoms. The van der Waals surface area contributed by atoms with E-state index < -0.39 is 0 Å². The summed E-state index contributed by atoms with van der Waals surface area (Å²) in [5.41, 5.74) is 8.97. The zero-order chi connectivity index (χ0) is 14.5. The summed E-state index contributed by atoms with van der Waals surface area (Å²) in [6, 6.07) is 9.68. The van der Waals surface area contributed by atoms with Gasteiger partial charge in [0.15, 0.2) is 0 Å². The molecule has 0 aliphatic heterocycles. The Balaban J connectivity index is 1.86. The maximum Gasteiger partial charge on any atom is 0.250 e. The second kappa shape index (κ2) is 6.66. The van der Waals surface area contributed by atoms with Gasteiger partial charge in [0.25, 0.3) is 5.56 Å². The molecule has 2 N–H and O–H groups in total. The Bertz CT molecular complexity index is 649. The number of nitrogens with zero attached hydrogens (tertiary/aromatic N) is 1.